The first-order valence-corrected chi connectivity index (χ1v) is 12.7. The third kappa shape index (κ3) is 5.86. The third-order valence-electron chi connectivity index (χ3n) is 7.52. The predicted molar refractivity (Wildman–Crippen MR) is 132 cm³/mol. The van der Waals surface area contributed by atoms with Crippen molar-refractivity contribution < 1.29 is 24.1 Å². The SMILES string of the molecule is COc1ccc(CN2C[C@H](O)COC[C@H]3O[C@H](CC(=O)N4CCc5ccccc5C4)CC[C@@H]32)cc1. The lowest BCUT2D eigenvalue weighted by atomic mass is 9.93. The minimum atomic E-state index is -0.532. The van der Waals surface area contributed by atoms with E-state index in [1.165, 1.54) is 16.7 Å². The van der Waals surface area contributed by atoms with Crippen LogP contribution in [0.15, 0.2) is 48.5 Å². The Labute approximate surface area is 207 Å². The highest BCUT2D eigenvalue weighted by atomic mass is 16.5. The standard InChI is InChI=1S/C28H36N2O5/c1-33-24-8-6-20(7-9-24)15-30-17-23(31)18-34-19-27-26(30)11-10-25(35-27)14-28(32)29-13-12-21-4-2-3-5-22(21)16-29/h2-9,23,25-27,31H,10-19H2,1H3/t23-,25-,26-,27+/m0/s1. The Bertz CT molecular complexity index is 997. The molecule has 35 heavy (non-hydrogen) atoms. The zero-order chi connectivity index (χ0) is 24.2. The van der Waals surface area contributed by atoms with Crippen LogP contribution in [0.5, 0.6) is 5.75 Å². The van der Waals surface area contributed by atoms with Crippen LogP contribution in [0.1, 0.15) is 36.0 Å². The van der Waals surface area contributed by atoms with Crippen molar-refractivity contribution in [2.24, 2.45) is 0 Å². The summed E-state index contributed by atoms with van der Waals surface area (Å²) in [6.07, 6.45) is 2.31. The molecule has 2 fully saturated rings. The normalized spacial score (nSPS) is 27.3. The van der Waals surface area contributed by atoms with Gasteiger partial charge in [-0.2, -0.15) is 0 Å². The fourth-order valence-corrected chi connectivity index (χ4v) is 5.63. The number of carbonyl (C=O) groups is 1. The van der Waals surface area contributed by atoms with Gasteiger partial charge in [-0.15, -0.1) is 0 Å². The van der Waals surface area contributed by atoms with E-state index in [1.807, 2.05) is 23.1 Å². The van der Waals surface area contributed by atoms with Crippen LogP contribution in [0.25, 0.3) is 0 Å². The highest BCUT2D eigenvalue weighted by Crippen LogP contribution is 2.30. The van der Waals surface area contributed by atoms with Gasteiger partial charge in [0.1, 0.15) is 5.75 Å². The summed E-state index contributed by atoms with van der Waals surface area (Å²) in [7, 11) is 1.67. The molecule has 3 heterocycles. The molecule has 5 rings (SSSR count). The summed E-state index contributed by atoms with van der Waals surface area (Å²) in [6.45, 7) is 3.44. The second-order valence-corrected chi connectivity index (χ2v) is 9.95. The number of fused-ring (bicyclic) bond motifs is 2. The van der Waals surface area contributed by atoms with Crippen LogP contribution < -0.4 is 4.74 Å². The number of rotatable bonds is 5. The van der Waals surface area contributed by atoms with Gasteiger partial charge in [-0.3, -0.25) is 9.69 Å². The molecule has 2 aromatic carbocycles. The summed E-state index contributed by atoms with van der Waals surface area (Å²) in [6, 6.07) is 16.6. The quantitative estimate of drug-likeness (QED) is 0.710. The molecule has 0 aliphatic carbocycles. The average molecular weight is 481 g/mol. The molecule has 1 amide bonds. The highest BCUT2D eigenvalue weighted by molar-refractivity contribution is 5.77. The fraction of sp³-hybridized carbons (Fsp3) is 0.536. The zero-order valence-electron chi connectivity index (χ0n) is 20.5. The summed E-state index contributed by atoms with van der Waals surface area (Å²) in [5, 5.41) is 10.4. The lowest BCUT2D eigenvalue weighted by Crippen LogP contribution is -2.55. The molecule has 0 bridgehead atoms. The Morgan fingerprint density at radius 2 is 1.89 bits per heavy atom. The molecule has 188 valence electrons. The Morgan fingerprint density at radius 1 is 1.09 bits per heavy atom. The maximum atomic E-state index is 13.1. The molecule has 0 radical (unpaired) electrons. The number of nitrogens with zero attached hydrogens (tertiary/aromatic N) is 2. The Kier molecular flexibility index (Phi) is 7.68. The Balaban J connectivity index is 1.21. The van der Waals surface area contributed by atoms with Crippen LogP contribution in [0, 0.1) is 0 Å². The molecular formula is C28H36N2O5. The van der Waals surface area contributed by atoms with Crippen LogP contribution >= 0.6 is 0 Å². The number of β-amino-alcohol motifs (C(OH)–C–C–N with tert-alkyl or cyclic N) is 1. The van der Waals surface area contributed by atoms with Crippen molar-refractivity contribution in [3.8, 4) is 5.75 Å². The van der Waals surface area contributed by atoms with E-state index in [0.717, 1.165) is 38.1 Å². The van der Waals surface area contributed by atoms with Gasteiger partial charge in [-0.1, -0.05) is 36.4 Å². The third-order valence-corrected chi connectivity index (χ3v) is 7.52. The first kappa shape index (κ1) is 24.3. The predicted octanol–water partition coefficient (Wildman–Crippen LogP) is 2.78. The monoisotopic (exact) mass is 480 g/mol. The summed E-state index contributed by atoms with van der Waals surface area (Å²) >= 11 is 0. The van der Waals surface area contributed by atoms with Gasteiger partial charge in [0.25, 0.3) is 0 Å². The van der Waals surface area contributed by atoms with Gasteiger partial charge in [-0.25, -0.2) is 0 Å². The molecular weight excluding hydrogens is 444 g/mol. The summed E-state index contributed by atoms with van der Waals surface area (Å²) in [5.41, 5.74) is 3.76. The maximum Gasteiger partial charge on any atom is 0.225 e. The minimum absolute atomic E-state index is 0.100. The molecule has 7 nitrogen and oxygen atoms in total. The van der Waals surface area contributed by atoms with E-state index in [9.17, 15) is 9.90 Å². The summed E-state index contributed by atoms with van der Waals surface area (Å²) in [4.78, 5) is 17.4. The molecule has 2 saturated heterocycles. The van der Waals surface area contributed by atoms with Crippen LogP contribution in [0.3, 0.4) is 0 Å². The fourth-order valence-electron chi connectivity index (χ4n) is 5.63. The molecule has 4 atom stereocenters. The number of amides is 1. The molecule has 0 aromatic heterocycles. The zero-order valence-corrected chi connectivity index (χ0v) is 20.5. The second kappa shape index (κ2) is 11.1. The van der Waals surface area contributed by atoms with Gasteiger partial charge in [0.2, 0.25) is 5.91 Å². The van der Waals surface area contributed by atoms with E-state index in [2.05, 4.69) is 35.2 Å². The molecule has 3 aliphatic rings. The van der Waals surface area contributed by atoms with E-state index in [1.54, 1.807) is 7.11 Å². The Hall–Kier alpha value is -2.45. The number of aliphatic hydroxyl groups excluding tert-OH is 1. The largest absolute Gasteiger partial charge is 0.497 e. The number of ether oxygens (including phenoxy) is 3. The van der Waals surface area contributed by atoms with Gasteiger partial charge in [0.15, 0.2) is 0 Å². The first-order valence-electron chi connectivity index (χ1n) is 12.7. The van der Waals surface area contributed by atoms with E-state index in [0.29, 0.717) is 32.7 Å². The average Bonchev–Trinajstić information content (AvgIpc) is 2.88. The van der Waals surface area contributed by atoms with Gasteiger partial charge in [-0.05, 0) is 48.1 Å². The maximum absolute atomic E-state index is 13.1. The van der Waals surface area contributed by atoms with Crippen molar-refractivity contribution in [1.29, 1.82) is 0 Å². The number of carbonyl (C=O) groups excluding carboxylic acids is 1. The van der Waals surface area contributed by atoms with Crippen molar-refractivity contribution in [3.05, 3.63) is 65.2 Å². The number of hydrogen-bond donors (Lipinski definition) is 1. The molecule has 2 aromatic rings. The molecule has 1 N–H and O–H groups in total. The first-order chi connectivity index (χ1) is 17.1. The van der Waals surface area contributed by atoms with Gasteiger partial charge < -0.3 is 24.2 Å². The van der Waals surface area contributed by atoms with E-state index in [-0.39, 0.29) is 24.2 Å². The van der Waals surface area contributed by atoms with Crippen LogP contribution in [-0.4, -0.2) is 78.6 Å². The lowest BCUT2D eigenvalue weighted by Gasteiger charge is -2.44. The van der Waals surface area contributed by atoms with Crippen LogP contribution in [-0.2, 0) is 33.8 Å². The summed E-state index contributed by atoms with van der Waals surface area (Å²) in [5.74, 6) is 0.999. The molecule has 0 unspecified atom stereocenters. The molecule has 0 saturated carbocycles. The number of methoxy groups -OCH3 is 1. The van der Waals surface area contributed by atoms with Gasteiger partial charge in [0.05, 0.1) is 45.1 Å². The van der Waals surface area contributed by atoms with E-state index < -0.39 is 6.10 Å². The number of hydrogen-bond acceptors (Lipinski definition) is 6. The second-order valence-electron chi connectivity index (χ2n) is 9.95. The van der Waals surface area contributed by atoms with Crippen molar-refractivity contribution in [3.63, 3.8) is 0 Å². The van der Waals surface area contributed by atoms with Gasteiger partial charge in [0, 0.05) is 32.2 Å². The topological polar surface area (TPSA) is 71.5 Å². The van der Waals surface area contributed by atoms with Crippen molar-refractivity contribution >= 4 is 5.91 Å². The lowest BCUT2D eigenvalue weighted by molar-refractivity contribution is -0.161. The van der Waals surface area contributed by atoms with Crippen LogP contribution in [0.4, 0.5) is 0 Å². The molecule has 7 heteroatoms. The van der Waals surface area contributed by atoms with E-state index in [4.69, 9.17) is 14.2 Å². The van der Waals surface area contributed by atoms with Crippen molar-refractivity contribution in [2.45, 2.75) is 63.1 Å². The van der Waals surface area contributed by atoms with Crippen LogP contribution in [0.2, 0.25) is 0 Å². The summed E-state index contributed by atoms with van der Waals surface area (Å²) < 4.78 is 17.5. The highest BCUT2D eigenvalue weighted by Gasteiger charge is 2.38. The minimum Gasteiger partial charge on any atom is -0.497 e. The Morgan fingerprint density at radius 3 is 2.69 bits per heavy atom. The molecule has 3 aliphatic heterocycles. The van der Waals surface area contributed by atoms with Gasteiger partial charge >= 0.3 is 0 Å². The number of aliphatic hydroxyl groups is 1. The van der Waals surface area contributed by atoms with E-state index >= 15 is 0 Å². The van der Waals surface area contributed by atoms with Crippen molar-refractivity contribution in [1.82, 2.24) is 9.80 Å². The van der Waals surface area contributed by atoms with Crippen molar-refractivity contribution in [2.75, 3.05) is 33.4 Å². The molecule has 0 spiro atoms. The number of benzene rings is 2. The smallest absolute Gasteiger partial charge is 0.225 e.